The van der Waals surface area contributed by atoms with Gasteiger partial charge in [-0.25, -0.2) is 4.98 Å². The SMILES string of the molecule is CC(C)C(C(=O)/C=C(\O)C(C(C)C)C(C)C)C(C)C.Cc1ccc2[c-]c(-c3ncnc4c3sc3cc(C(C)(C)C)ccc34)cc(C(C)(C)C)c2n1.[Ir]. The van der Waals surface area contributed by atoms with E-state index in [0.717, 1.165) is 38.1 Å². The Balaban J connectivity index is 0.000000317. The number of aryl methyl sites for hydroxylation is 1. The fourth-order valence-electron chi connectivity index (χ4n) is 7.41. The summed E-state index contributed by atoms with van der Waals surface area (Å²) >= 11 is 1.77. The second kappa shape index (κ2) is 17.0. The van der Waals surface area contributed by atoms with Crippen LogP contribution in [0.1, 0.15) is 114 Å². The summed E-state index contributed by atoms with van der Waals surface area (Å²) in [5.41, 5.74) is 7.63. The third-order valence-electron chi connectivity index (χ3n) is 9.86. The van der Waals surface area contributed by atoms with Crippen molar-refractivity contribution in [2.24, 2.45) is 35.5 Å². The fraction of sp³-hybridized carbons (Fsp3) is 0.511. The van der Waals surface area contributed by atoms with Crippen LogP contribution in [0.25, 0.3) is 42.5 Å². The van der Waals surface area contributed by atoms with Crippen LogP contribution in [-0.2, 0) is 35.7 Å². The molecule has 5 nitrogen and oxygen atoms in total. The van der Waals surface area contributed by atoms with Crippen LogP contribution in [0.3, 0.4) is 0 Å². The molecule has 1 radical (unpaired) electrons. The molecule has 0 atom stereocenters. The molecule has 0 aliphatic rings. The van der Waals surface area contributed by atoms with Gasteiger partial charge < -0.3 is 5.11 Å². The van der Waals surface area contributed by atoms with E-state index in [1.165, 1.54) is 27.3 Å². The Bertz CT molecular complexity index is 2030. The van der Waals surface area contributed by atoms with Crippen molar-refractivity contribution < 1.29 is 30.0 Å². The number of carbonyl (C=O) groups excluding carboxylic acids is 1. The van der Waals surface area contributed by atoms with Gasteiger partial charge in [-0.15, -0.1) is 29.5 Å². The van der Waals surface area contributed by atoms with E-state index in [2.05, 4.69) is 144 Å². The summed E-state index contributed by atoms with van der Waals surface area (Å²) in [7, 11) is 0. The Morgan fingerprint density at radius 1 is 0.788 bits per heavy atom. The number of nitrogens with zero attached hydrogens (tertiary/aromatic N) is 3. The maximum Gasteiger partial charge on any atom is 0.162 e. The molecular weight excluding hydrogens is 839 g/mol. The minimum absolute atomic E-state index is 0. The van der Waals surface area contributed by atoms with Crippen LogP contribution in [-0.4, -0.2) is 25.8 Å². The number of hydrogen-bond donors (Lipinski definition) is 1. The van der Waals surface area contributed by atoms with Gasteiger partial charge in [0.15, 0.2) is 5.78 Å². The van der Waals surface area contributed by atoms with E-state index >= 15 is 0 Å². The number of aromatic nitrogens is 3. The van der Waals surface area contributed by atoms with Crippen LogP contribution in [0.4, 0.5) is 0 Å². The number of hydrogen-bond acceptors (Lipinski definition) is 6. The number of fused-ring (bicyclic) bond motifs is 4. The van der Waals surface area contributed by atoms with Gasteiger partial charge in [0.25, 0.3) is 0 Å². The minimum atomic E-state index is -0.0448. The van der Waals surface area contributed by atoms with Crippen molar-refractivity contribution >= 4 is 48.3 Å². The normalized spacial score (nSPS) is 12.9. The van der Waals surface area contributed by atoms with Crippen molar-refractivity contribution in [2.45, 2.75) is 115 Å². The number of thiophene rings is 1. The first-order valence-electron chi connectivity index (χ1n) is 18.6. The van der Waals surface area contributed by atoms with Crippen LogP contribution in [0.2, 0.25) is 0 Å². The number of carbonyl (C=O) groups is 1. The maximum absolute atomic E-state index is 12.3. The van der Waals surface area contributed by atoms with E-state index in [-0.39, 0.29) is 54.3 Å². The van der Waals surface area contributed by atoms with E-state index in [0.29, 0.717) is 23.7 Å². The molecule has 5 aromatic rings. The topological polar surface area (TPSA) is 76.0 Å². The average molecular weight is 899 g/mol. The Morgan fingerprint density at radius 3 is 1.92 bits per heavy atom. The van der Waals surface area contributed by atoms with Crippen molar-refractivity contribution in [3.8, 4) is 11.3 Å². The molecule has 0 unspecified atom stereocenters. The standard InChI is InChI=1S/C28H28N3S.C17H32O2.Ir/c1-16-8-9-17-12-18(13-21(23(17)31-16)28(5,6)7)24-26-25(30-15-29-24)20-11-10-19(27(2,3)4)14-22(20)32-26;1-10(2)16(11(3)4)14(18)9-15(19)17(12(5)6)13(7)8;/h8-11,13-15H,1-7H3;9-13,16-18H,1-8H3;/q-1;;/b;14-9-;. The Morgan fingerprint density at radius 2 is 1.38 bits per heavy atom. The van der Waals surface area contributed by atoms with Crippen molar-refractivity contribution in [3.63, 3.8) is 0 Å². The third-order valence-corrected chi connectivity index (χ3v) is 11.0. The van der Waals surface area contributed by atoms with Crippen molar-refractivity contribution in [1.29, 1.82) is 0 Å². The van der Waals surface area contributed by atoms with Gasteiger partial charge in [0.05, 0.1) is 11.3 Å². The number of aliphatic hydroxyl groups excluding tert-OH is 1. The predicted molar refractivity (Wildman–Crippen MR) is 219 cm³/mol. The van der Waals surface area contributed by atoms with Crippen LogP contribution < -0.4 is 0 Å². The van der Waals surface area contributed by atoms with Gasteiger partial charge in [-0.05, 0) is 53.1 Å². The first kappa shape index (κ1) is 43.4. The van der Waals surface area contributed by atoms with Crippen LogP contribution in [0.15, 0.2) is 54.6 Å². The molecule has 7 heteroatoms. The summed E-state index contributed by atoms with van der Waals surface area (Å²) in [6.45, 7) is 32.1. The molecule has 0 saturated carbocycles. The second-order valence-electron chi connectivity index (χ2n) is 17.7. The number of pyridine rings is 1. The summed E-state index contributed by atoms with van der Waals surface area (Å²) in [5, 5.41) is 12.5. The number of rotatable bonds is 8. The van der Waals surface area contributed by atoms with Gasteiger partial charge in [-0.2, -0.15) is 0 Å². The van der Waals surface area contributed by atoms with Crippen LogP contribution in [0, 0.1) is 48.5 Å². The number of allylic oxidation sites excluding steroid dienone is 2. The number of ketones is 1. The van der Waals surface area contributed by atoms with Crippen molar-refractivity contribution in [3.05, 3.63) is 77.4 Å². The average Bonchev–Trinajstić information content (AvgIpc) is 3.37. The molecular formula is C45H60IrN3O2S-. The molecule has 0 fully saturated rings. The summed E-state index contributed by atoms with van der Waals surface area (Å²) in [5.74, 6) is 1.63. The van der Waals surface area contributed by atoms with Gasteiger partial charge in [0.1, 0.15) is 6.33 Å². The van der Waals surface area contributed by atoms with E-state index in [9.17, 15) is 9.90 Å². The quantitative estimate of drug-likeness (QED) is 0.0954. The van der Waals surface area contributed by atoms with Crippen LogP contribution >= 0.6 is 11.3 Å². The minimum Gasteiger partial charge on any atom is -0.512 e. The molecule has 3 aromatic heterocycles. The van der Waals surface area contributed by atoms with Crippen molar-refractivity contribution in [2.75, 3.05) is 0 Å². The molecule has 0 aliphatic carbocycles. The van der Waals surface area contributed by atoms with Gasteiger partial charge in [0, 0.05) is 69.7 Å². The molecule has 2 aromatic carbocycles. The third kappa shape index (κ3) is 9.75. The van der Waals surface area contributed by atoms with Gasteiger partial charge in [-0.1, -0.05) is 132 Å². The van der Waals surface area contributed by atoms with Gasteiger partial charge >= 0.3 is 0 Å². The summed E-state index contributed by atoms with van der Waals surface area (Å²) in [6, 6.07) is 16.8. The molecule has 1 N–H and O–H groups in total. The Hall–Kier alpha value is -2.99. The molecule has 5 rings (SSSR count). The summed E-state index contributed by atoms with van der Waals surface area (Å²) in [4.78, 5) is 26.6. The fourth-order valence-corrected chi connectivity index (χ4v) is 8.61. The molecule has 0 bridgehead atoms. The van der Waals surface area contributed by atoms with E-state index in [1.54, 1.807) is 17.7 Å². The zero-order chi connectivity index (χ0) is 38.2. The monoisotopic (exact) mass is 899 g/mol. The molecule has 52 heavy (non-hydrogen) atoms. The van der Waals surface area contributed by atoms with Gasteiger partial charge in [-0.3, -0.25) is 14.8 Å². The predicted octanol–water partition coefficient (Wildman–Crippen LogP) is 12.6. The van der Waals surface area contributed by atoms with Gasteiger partial charge in [0.2, 0.25) is 0 Å². The smallest absolute Gasteiger partial charge is 0.162 e. The molecule has 0 aliphatic heterocycles. The Labute approximate surface area is 330 Å². The Kier molecular flexibility index (Phi) is 14.2. The zero-order valence-corrected chi connectivity index (χ0v) is 37.2. The second-order valence-corrected chi connectivity index (χ2v) is 18.7. The summed E-state index contributed by atoms with van der Waals surface area (Å²) < 4.78 is 2.37. The molecule has 0 spiro atoms. The number of benzene rings is 2. The summed E-state index contributed by atoms with van der Waals surface area (Å²) in [6.07, 6.45) is 3.17. The van der Waals surface area contributed by atoms with E-state index < -0.39 is 0 Å². The molecule has 0 saturated heterocycles. The first-order valence-corrected chi connectivity index (χ1v) is 19.4. The van der Waals surface area contributed by atoms with Crippen LogP contribution in [0.5, 0.6) is 0 Å². The zero-order valence-electron chi connectivity index (χ0n) is 34.0. The first-order chi connectivity index (χ1) is 23.6. The maximum atomic E-state index is 12.3. The molecule has 3 heterocycles. The van der Waals surface area contributed by atoms with E-state index in [1.807, 2.05) is 6.92 Å². The number of aliphatic hydroxyl groups is 1. The molecule has 0 amide bonds. The largest absolute Gasteiger partial charge is 0.512 e. The van der Waals surface area contributed by atoms with Crippen molar-refractivity contribution in [1.82, 2.24) is 15.0 Å². The van der Waals surface area contributed by atoms with E-state index in [4.69, 9.17) is 9.97 Å². The molecule has 283 valence electrons.